The number of allylic oxidation sites excluding steroid dienone is 1. The van der Waals surface area contributed by atoms with E-state index in [1.54, 1.807) is 18.7 Å². The third-order valence-corrected chi connectivity index (χ3v) is 2.06. The fourth-order valence-corrected chi connectivity index (χ4v) is 1.39. The van der Waals surface area contributed by atoms with E-state index in [0.29, 0.717) is 18.1 Å². The second kappa shape index (κ2) is 4.63. The van der Waals surface area contributed by atoms with Gasteiger partial charge in [0.15, 0.2) is 0 Å². The SMILES string of the molecule is C/C=C/CNc1c(C(=O)O)c(C)nn1C. The van der Waals surface area contributed by atoms with Crippen molar-refractivity contribution in [2.45, 2.75) is 13.8 Å². The Morgan fingerprint density at radius 2 is 2.33 bits per heavy atom. The van der Waals surface area contributed by atoms with Crippen molar-refractivity contribution >= 4 is 11.8 Å². The molecule has 1 heterocycles. The Labute approximate surface area is 88.4 Å². The van der Waals surface area contributed by atoms with Gasteiger partial charge in [-0.05, 0) is 13.8 Å². The normalized spacial score (nSPS) is 10.9. The molecular formula is C10H15N3O2. The molecule has 0 aliphatic rings. The van der Waals surface area contributed by atoms with Crippen LogP contribution in [0.15, 0.2) is 12.2 Å². The Morgan fingerprint density at radius 1 is 1.67 bits per heavy atom. The first-order valence-electron chi connectivity index (χ1n) is 4.69. The van der Waals surface area contributed by atoms with Gasteiger partial charge in [-0.3, -0.25) is 4.68 Å². The standard InChI is InChI=1S/C10H15N3O2/c1-4-5-6-11-9-8(10(14)15)7(2)12-13(9)3/h4-5,11H,6H2,1-3H3,(H,14,15)/b5-4+. The number of carboxylic acid groups (broad SMARTS) is 1. The van der Waals surface area contributed by atoms with Crippen LogP contribution in [0, 0.1) is 6.92 Å². The van der Waals surface area contributed by atoms with Gasteiger partial charge < -0.3 is 10.4 Å². The predicted octanol–water partition coefficient (Wildman–Crippen LogP) is 1.41. The highest BCUT2D eigenvalue weighted by Crippen LogP contribution is 2.18. The van der Waals surface area contributed by atoms with Gasteiger partial charge in [0.05, 0.1) is 5.69 Å². The first-order valence-corrected chi connectivity index (χ1v) is 4.69. The van der Waals surface area contributed by atoms with E-state index in [-0.39, 0.29) is 5.56 Å². The second-order valence-electron chi connectivity index (χ2n) is 3.19. The Balaban J connectivity index is 2.99. The van der Waals surface area contributed by atoms with E-state index in [1.807, 2.05) is 19.1 Å². The molecule has 0 atom stereocenters. The van der Waals surface area contributed by atoms with Crippen LogP contribution in [0.4, 0.5) is 5.82 Å². The van der Waals surface area contributed by atoms with E-state index in [4.69, 9.17) is 5.11 Å². The highest BCUT2D eigenvalue weighted by Gasteiger charge is 2.18. The predicted molar refractivity (Wildman–Crippen MR) is 58.2 cm³/mol. The summed E-state index contributed by atoms with van der Waals surface area (Å²) in [5.74, 6) is -0.415. The van der Waals surface area contributed by atoms with Crippen LogP contribution in [0.25, 0.3) is 0 Å². The number of rotatable bonds is 4. The van der Waals surface area contributed by atoms with Gasteiger partial charge in [0.1, 0.15) is 11.4 Å². The molecule has 0 saturated carbocycles. The first-order chi connectivity index (χ1) is 7.07. The maximum atomic E-state index is 11.0. The summed E-state index contributed by atoms with van der Waals surface area (Å²) < 4.78 is 1.54. The molecule has 0 aromatic carbocycles. The van der Waals surface area contributed by atoms with Gasteiger partial charge in [-0.25, -0.2) is 4.79 Å². The minimum atomic E-state index is -0.955. The number of anilines is 1. The van der Waals surface area contributed by atoms with Crippen LogP contribution in [0.1, 0.15) is 23.0 Å². The number of hydrogen-bond donors (Lipinski definition) is 2. The molecule has 82 valence electrons. The highest BCUT2D eigenvalue weighted by atomic mass is 16.4. The average molecular weight is 209 g/mol. The second-order valence-corrected chi connectivity index (χ2v) is 3.19. The summed E-state index contributed by atoms with van der Waals surface area (Å²) in [7, 11) is 1.72. The number of nitrogens with zero attached hydrogens (tertiary/aromatic N) is 2. The van der Waals surface area contributed by atoms with Gasteiger partial charge in [0.25, 0.3) is 0 Å². The van der Waals surface area contributed by atoms with Crippen molar-refractivity contribution in [2.75, 3.05) is 11.9 Å². The topological polar surface area (TPSA) is 67.2 Å². The molecule has 0 unspecified atom stereocenters. The van der Waals surface area contributed by atoms with Crippen LogP contribution in [0.3, 0.4) is 0 Å². The summed E-state index contributed by atoms with van der Waals surface area (Å²) in [6.07, 6.45) is 3.81. The Kier molecular flexibility index (Phi) is 3.49. The monoisotopic (exact) mass is 209 g/mol. The Bertz CT molecular complexity index is 394. The van der Waals surface area contributed by atoms with Gasteiger partial charge in [-0.2, -0.15) is 5.10 Å². The molecule has 0 saturated heterocycles. The van der Waals surface area contributed by atoms with Crippen LogP contribution in [0.2, 0.25) is 0 Å². The third-order valence-electron chi connectivity index (χ3n) is 2.06. The summed E-state index contributed by atoms with van der Waals surface area (Å²) in [5.41, 5.74) is 0.759. The average Bonchev–Trinajstić information content (AvgIpc) is 2.42. The molecule has 15 heavy (non-hydrogen) atoms. The summed E-state index contributed by atoms with van der Waals surface area (Å²) >= 11 is 0. The summed E-state index contributed by atoms with van der Waals surface area (Å²) in [5, 5.41) is 16.1. The highest BCUT2D eigenvalue weighted by molar-refractivity contribution is 5.94. The van der Waals surface area contributed by atoms with Crippen LogP contribution < -0.4 is 5.32 Å². The van der Waals surface area contributed by atoms with Gasteiger partial charge >= 0.3 is 5.97 Å². The van der Waals surface area contributed by atoms with Gasteiger partial charge in [0.2, 0.25) is 0 Å². The van der Waals surface area contributed by atoms with E-state index in [9.17, 15) is 4.79 Å². The number of aromatic carboxylic acids is 1. The molecule has 0 aliphatic heterocycles. The van der Waals surface area contributed by atoms with E-state index < -0.39 is 5.97 Å². The zero-order valence-electron chi connectivity index (χ0n) is 9.11. The first kappa shape index (κ1) is 11.3. The number of nitrogens with one attached hydrogen (secondary N) is 1. The molecule has 0 bridgehead atoms. The fourth-order valence-electron chi connectivity index (χ4n) is 1.39. The van der Waals surface area contributed by atoms with Gasteiger partial charge in [-0.1, -0.05) is 12.2 Å². The van der Waals surface area contributed by atoms with Gasteiger partial charge in [0, 0.05) is 13.6 Å². The third kappa shape index (κ3) is 2.37. The number of aromatic nitrogens is 2. The molecule has 0 spiro atoms. The zero-order chi connectivity index (χ0) is 11.4. The van der Waals surface area contributed by atoms with Crippen molar-refractivity contribution in [3.63, 3.8) is 0 Å². The lowest BCUT2D eigenvalue weighted by molar-refractivity contribution is 0.0697. The molecule has 1 rings (SSSR count). The van der Waals surface area contributed by atoms with Gasteiger partial charge in [-0.15, -0.1) is 0 Å². The molecule has 5 nitrogen and oxygen atoms in total. The summed E-state index contributed by atoms with van der Waals surface area (Å²) in [4.78, 5) is 11.0. The summed E-state index contributed by atoms with van der Waals surface area (Å²) in [6, 6.07) is 0. The molecule has 0 amide bonds. The van der Waals surface area contributed by atoms with E-state index in [0.717, 1.165) is 0 Å². The van der Waals surface area contributed by atoms with Crippen LogP contribution in [-0.4, -0.2) is 27.4 Å². The minimum Gasteiger partial charge on any atom is -0.477 e. The number of hydrogen-bond acceptors (Lipinski definition) is 3. The molecule has 0 radical (unpaired) electrons. The quantitative estimate of drug-likeness (QED) is 0.736. The van der Waals surface area contributed by atoms with Crippen molar-refractivity contribution in [3.05, 3.63) is 23.4 Å². The lowest BCUT2D eigenvalue weighted by Crippen LogP contribution is -2.08. The lowest BCUT2D eigenvalue weighted by atomic mass is 10.2. The largest absolute Gasteiger partial charge is 0.477 e. The number of carbonyl (C=O) groups is 1. The van der Waals surface area contributed by atoms with Crippen molar-refractivity contribution in [1.29, 1.82) is 0 Å². The minimum absolute atomic E-state index is 0.238. The van der Waals surface area contributed by atoms with Crippen molar-refractivity contribution < 1.29 is 9.90 Å². The molecule has 1 aromatic heterocycles. The van der Waals surface area contributed by atoms with E-state index in [2.05, 4.69) is 10.4 Å². The lowest BCUT2D eigenvalue weighted by Gasteiger charge is -2.04. The van der Waals surface area contributed by atoms with E-state index >= 15 is 0 Å². The maximum Gasteiger partial charge on any atom is 0.341 e. The van der Waals surface area contributed by atoms with Crippen LogP contribution in [-0.2, 0) is 7.05 Å². The summed E-state index contributed by atoms with van der Waals surface area (Å²) in [6.45, 7) is 4.19. The van der Waals surface area contributed by atoms with Crippen molar-refractivity contribution in [1.82, 2.24) is 9.78 Å². The molecular weight excluding hydrogens is 194 g/mol. The fraction of sp³-hybridized carbons (Fsp3) is 0.400. The maximum absolute atomic E-state index is 11.0. The molecule has 5 heteroatoms. The Hall–Kier alpha value is -1.78. The smallest absolute Gasteiger partial charge is 0.341 e. The molecule has 1 aromatic rings. The molecule has 0 fully saturated rings. The van der Waals surface area contributed by atoms with Crippen molar-refractivity contribution in [2.24, 2.45) is 7.05 Å². The van der Waals surface area contributed by atoms with E-state index in [1.165, 1.54) is 0 Å². The van der Waals surface area contributed by atoms with Crippen molar-refractivity contribution in [3.8, 4) is 0 Å². The number of carboxylic acids is 1. The molecule has 2 N–H and O–H groups in total. The number of aryl methyl sites for hydroxylation is 2. The van der Waals surface area contributed by atoms with Crippen LogP contribution in [0.5, 0.6) is 0 Å². The zero-order valence-corrected chi connectivity index (χ0v) is 9.11. The Morgan fingerprint density at radius 3 is 2.87 bits per heavy atom. The van der Waals surface area contributed by atoms with Crippen LogP contribution >= 0.6 is 0 Å². The molecule has 0 aliphatic carbocycles.